The Morgan fingerprint density at radius 1 is 0.294 bits per heavy atom. The Morgan fingerprint density at radius 2 is 0.863 bits per heavy atom. The van der Waals surface area contributed by atoms with Crippen LogP contribution in [0, 0.1) is 0 Å². The van der Waals surface area contributed by atoms with Crippen LogP contribution in [0.25, 0.3) is 109 Å². The second-order valence-corrected chi connectivity index (χ2v) is 13.6. The van der Waals surface area contributed by atoms with Crippen molar-refractivity contribution in [3.05, 3.63) is 182 Å². The fraction of sp³-hybridized carbons (Fsp3) is 0. The van der Waals surface area contributed by atoms with E-state index in [2.05, 4.69) is 176 Å². The monoisotopic (exact) mass is 646 g/mol. The zero-order valence-corrected chi connectivity index (χ0v) is 27.7. The lowest BCUT2D eigenvalue weighted by Gasteiger charge is -2.19. The van der Waals surface area contributed by atoms with Crippen LogP contribution in [0.2, 0.25) is 0 Å². The van der Waals surface area contributed by atoms with Gasteiger partial charge in [0.15, 0.2) is 0 Å². The van der Waals surface area contributed by atoms with E-state index in [1.54, 1.807) is 0 Å². The van der Waals surface area contributed by atoms with Gasteiger partial charge in [-0.1, -0.05) is 152 Å². The highest BCUT2D eigenvalue weighted by Gasteiger charge is 2.20. The van der Waals surface area contributed by atoms with E-state index in [9.17, 15) is 0 Å². The quantitative estimate of drug-likeness (QED) is 0.138. The van der Waals surface area contributed by atoms with Crippen LogP contribution in [-0.2, 0) is 0 Å². The topological polar surface area (TPSA) is 13.1 Å². The fourth-order valence-electron chi connectivity index (χ4n) is 8.60. The first-order valence-corrected chi connectivity index (χ1v) is 17.6. The van der Waals surface area contributed by atoms with Crippen LogP contribution in [0.5, 0.6) is 0 Å². The summed E-state index contributed by atoms with van der Waals surface area (Å²) in [7, 11) is 0. The lowest BCUT2D eigenvalue weighted by atomic mass is 9.83. The third-order valence-corrected chi connectivity index (χ3v) is 10.8. The standard InChI is InChI=1S/C50H30O/c1-2-14-31(15-3-1)47-38-20-8-10-22-40(38)48(41-23-11-9-21-39(41)47)45-30-34(28-33-16-4-5-17-35(33)45)32-26-27-42-44(29-32)36-18-6-7-19-37(36)49-43-24-12-13-25-46(43)51-50(42)49/h1-30H. The van der Waals surface area contributed by atoms with E-state index >= 15 is 0 Å². The molecule has 51 heavy (non-hydrogen) atoms. The van der Waals surface area contributed by atoms with Crippen molar-refractivity contribution in [2.75, 3.05) is 0 Å². The summed E-state index contributed by atoms with van der Waals surface area (Å²) < 4.78 is 6.58. The molecule has 11 aromatic rings. The Balaban J connectivity index is 1.22. The van der Waals surface area contributed by atoms with Gasteiger partial charge in [-0.15, -0.1) is 0 Å². The van der Waals surface area contributed by atoms with E-state index in [1.807, 2.05) is 6.07 Å². The third-order valence-electron chi connectivity index (χ3n) is 10.8. The molecule has 10 aromatic carbocycles. The predicted molar refractivity (Wildman–Crippen MR) is 218 cm³/mol. The van der Waals surface area contributed by atoms with Crippen molar-refractivity contribution >= 4 is 75.8 Å². The molecule has 0 amide bonds. The summed E-state index contributed by atoms with van der Waals surface area (Å²) in [5, 5.41) is 14.7. The molecule has 236 valence electrons. The molecule has 0 radical (unpaired) electrons. The Labute approximate surface area is 294 Å². The van der Waals surface area contributed by atoms with Gasteiger partial charge in [-0.3, -0.25) is 0 Å². The van der Waals surface area contributed by atoms with Crippen LogP contribution >= 0.6 is 0 Å². The molecular formula is C50H30O. The van der Waals surface area contributed by atoms with Gasteiger partial charge in [-0.2, -0.15) is 0 Å². The van der Waals surface area contributed by atoms with Crippen molar-refractivity contribution in [1.29, 1.82) is 0 Å². The van der Waals surface area contributed by atoms with Gasteiger partial charge in [0.25, 0.3) is 0 Å². The number of hydrogen-bond donors (Lipinski definition) is 0. The van der Waals surface area contributed by atoms with E-state index in [4.69, 9.17) is 4.42 Å². The van der Waals surface area contributed by atoms with E-state index in [-0.39, 0.29) is 0 Å². The van der Waals surface area contributed by atoms with Crippen molar-refractivity contribution in [3.8, 4) is 33.4 Å². The predicted octanol–water partition coefficient (Wildman–Crippen LogP) is 14.4. The van der Waals surface area contributed by atoms with Crippen LogP contribution in [0.3, 0.4) is 0 Å². The molecule has 0 N–H and O–H groups in total. The van der Waals surface area contributed by atoms with Gasteiger partial charge < -0.3 is 4.42 Å². The molecule has 0 saturated heterocycles. The summed E-state index contributed by atoms with van der Waals surface area (Å²) in [4.78, 5) is 0. The zero-order valence-electron chi connectivity index (χ0n) is 27.7. The molecule has 0 atom stereocenters. The van der Waals surface area contributed by atoms with E-state index in [0.717, 1.165) is 21.9 Å². The molecule has 0 aliphatic rings. The molecular weight excluding hydrogens is 617 g/mol. The summed E-state index contributed by atoms with van der Waals surface area (Å²) in [6.45, 7) is 0. The maximum atomic E-state index is 6.58. The summed E-state index contributed by atoms with van der Waals surface area (Å²) in [6, 6.07) is 66.3. The molecule has 0 aliphatic carbocycles. The largest absolute Gasteiger partial charge is 0.455 e. The smallest absolute Gasteiger partial charge is 0.143 e. The second kappa shape index (κ2) is 10.9. The molecule has 0 aliphatic heterocycles. The van der Waals surface area contributed by atoms with Crippen molar-refractivity contribution in [3.63, 3.8) is 0 Å². The van der Waals surface area contributed by atoms with Gasteiger partial charge in [0.05, 0.1) is 0 Å². The molecule has 11 rings (SSSR count). The van der Waals surface area contributed by atoms with Crippen LogP contribution in [0.15, 0.2) is 186 Å². The number of benzene rings is 10. The molecule has 1 heterocycles. The molecule has 1 nitrogen and oxygen atoms in total. The highest BCUT2D eigenvalue weighted by Crippen LogP contribution is 2.47. The average Bonchev–Trinajstić information content (AvgIpc) is 3.60. The SMILES string of the molecule is c1ccc(-c2c3ccccc3c(-c3cc(-c4ccc5c(c4)c4ccccc4c4c6ccccc6oc54)cc4ccccc34)c3ccccc23)cc1. The van der Waals surface area contributed by atoms with Gasteiger partial charge in [0, 0.05) is 16.2 Å². The van der Waals surface area contributed by atoms with E-state index < -0.39 is 0 Å². The lowest BCUT2D eigenvalue weighted by molar-refractivity contribution is 0.673. The van der Waals surface area contributed by atoms with Crippen LogP contribution < -0.4 is 0 Å². The highest BCUT2D eigenvalue weighted by molar-refractivity contribution is 6.30. The maximum absolute atomic E-state index is 6.58. The van der Waals surface area contributed by atoms with Gasteiger partial charge in [-0.05, 0) is 112 Å². The third kappa shape index (κ3) is 4.16. The second-order valence-electron chi connectivity index (χ2n) is 13.6. The van der Waals surface area contributed by atoms with Crippen molar-refractivity contribution in [2.24, 2.45) is 0 Å². The minimum absolute atomic E-state index is 0.922. The van der Waals surface area contributed by atoms with Gasteiger partial charge in [0.1, 0.15) is 11.2 Å². The van der Waals surface area contributed by atoms with Gasteiger partial charge in [-0.25, -0.2) is 0 Å². The minimum atomic E-state index is 0.922. The number of rotatable bonds is 3. The summed E-state index contributed by atoms with van der Waals surface area (Å²) in [5.74, 6) is 0. The molecule has 0 bridgehead atoms. The van der Waals surface area contributed by atoms with Crippen molar-refractivity contribution in [1.82, 2.24) is 0 Å². The lowest BCUT2D eigenvalue weighted by Crippen LogP contribution is -1.92. The Morgan fingerprint density at radius 3 is 1.59 bits per heavy atom. The zero-order chi connectivity index (χ0) is 33.5. The van der Waals surface area contributed by atoms with E-state index in [0.29, 0.717) is 0 Å². The normalized spacial score (nSPS) is 11.9. The minimum Gasteiger partial charge on any atom is -0.455 e. The van der Waals surface area contributed by atoms with Crippen LogP contribution in [-0.4, -0.2) is 0 Å². The molecule has 0 saturated carbocycles. The number of para-hydroxylation sites is 1. The first-order valence-electron chi connectivity index (χ1n) is 17.6. The van der Waals surface area contributed by atoms with Gasteiger partial charge in [0.2, 0.25) is 0 Å². The van der Waals surface area contributed by atoms with Crippen molar-refractivity contribution in [2.45, 2.75) is 0 Å². The summed E-state index contributed by atoms with van der Waals surface area (Å²) in [5.41, 5.74) is 9.28. The first kappa shape index (κ1) is 28.2. The number of hydrogen-bond acceptors (Lipinski definition) is 1. The number of furan rings is 1. The fourth-order valence-corrected chi connectivity index (χ4v) is 8.60. The average molecular weight is 647 g/mol. The van der Waals surface area contributed by atoms with Crippen molar-refractivity contribution < 1.29 is 4.42 Å². The summed E-state index contributed by atoms with van der Waals surface area (Å²) in [6.07, 6.45) is 0. The first-order chi connectivity index (χ1) is 25.3. The number of fused-ring (bicyclic) bond motifs is 11. The molecule has 1 heteroatoms. The molecule has 0 unspecified atom stereocenters. The highest BCUT2D eigenvalue weighted by atomic mass is 16.3. The Bertz CT molecular complexity index is 3130. The molecule has 0 fully saturated rings. The summed E-state index contributed by atoms with van der Waals surface area (Å²) >= 11 is 0. The molecule has 0 spiro atoms. The maximum Gasteiger partial charge on any atom is 0.143 e. The Hall–Kier alpha value is -6.70. The molecule has 1 aromatic heterocycles. The van der Waals surface area contributed by atoms with Crippen LogP contribution in [0.4, 0.5) is 0 Å². The Kier molecular flexibility index (Phi) is 6.02. The van der Waals surface area contributed by atoms with E-state index in [1.165, 1.54) is 87.2 Å². The van der Waals surface area contributed by atoms with Gasteiger partial charge >= 0.3 is 0 Å². The van der Waals surface area contributed by atoms with Crippen LogP contribution in [0.1, 0.15) is 0 Å².